The minimum absolute atomic E-state index is 0.0903. The van der Waals surface area contributed by atoms with Crippen molar-refractivity contribution in [1.82, 2.24) is 9.62 Å². The summed E-state index contributed by atoms with van der Waals surface area (Å²) in [4.78, 5) is 14.0. The Balaban J connectivity index is 1.91. The first-order valence-corrected chi connectivity index (χ1v) is 10.6. The van der Waals surface area contributed by atoms with Crippen LogP contribution in [0.15, 0.2) is 77.0 Å². The first kappa shape index (κ1) is 19.3. The molecule has 0 radical (unpaired) electrons. The Morgan fingerprint density at radius 3 is 2.37 bits per heavy atom. The van der Waals surface area contributed by atoms with Crippen LogP contribution in [0.5, 0.6) is 0 Å². The highest BCUT2D eigenvalue weighted by atomic mass is 32.2. The van der Waals surface area contributed by atoms with E-state index in [0.717, 1.165) is 14.7 Å². The van der Waals surface area contributed by atoms with Gasteiger partial charge in [0.15, 0.2) is 0 Å². The smallest absolute Gasteiger partial charge is 0.252 e. The van der Waals surface area contributed by atoms with Crippen LogP contribution < -0.4 is 5.32 Å². The van der Waals surface area contributed by atoms with Crippen molar-refractivity contribution in [2.24, 2.45) is 0 Å². The van der Waals surface area contributed by atoms with Gasteiger partial charge in [0.05, 0.1) is 10.9 Å². The first-order valence-electron chi connectivity index (χ1n) is 8.31. The molecule has 0 saturated carbocycles. The number of carbonyl (C=O) groups excluding carboxylic acids is 1. The van der Waals surface area contributed by atoms with Crippen molar-refractivity contribution in [3.8, 4) is 0 Å². The van der Waals surface area contributed by atoms with Crippen LogP contribution in [0.2, 0.25) is 0 Å². The zero-order valence-corrected chi connectivity index (χ0v) is 16.6. The molecule has 3 rings (SSSR count). The van der Waals surface area contributed by atoms with E-state index in [1.165, 1.54) is 26.2 Å². The van der Waals surface area contributed by atoms with Crippen molar-refractivity contribution in [2.75, 3.05) is 14.1 Å². The third-order valence-electron chi connectivity index (χ3n) is 4.11. The minimum atomic E-state index is -3.60. The Kier molecular flexibility index (Phi) is 5.74. The zero-order chi connectivity index (χ0) is 19.4. The summed E-state index contributed by atoms with van der Waals surface area (Å²) in [5.41, 5.74) is 1.26. The van der Waals surface area contributed by atoms with Gasteiger partial charge in [0.25, 0.3) is 5.91 Å². The van der Waals surface area contributed by atoms with Crippen molar-refractivity contribution in [3.05, 3.63) is 88.1 Å². The number of nitrogens with zero attached hydrogens (tertiary/aromatic N) is 1. The van der Waals surface area contributed by atoms with Crippen LogP contribution in [0.1, 0.15) is 26.8 Å². The van der Waals surface area contributed by atoms with Crippen molar-refractivity contribution in [1.29, 1.82) is 0 Å². The number of amides is 1. The highest BCUT2D eigenvalue weighted by molar-refractivity contribution is 7.89. The molecule has 0 aliphatic heterocycles. The average molecular weight is 401 g/mol. The summed E-state index contributed by atoms with van der Waals surface area (Å²) in [7, 11) is -0.676. The van der Waals surface area contributed by atoms with E-state index in [1.807, 2.05) is 47.8 Å². The lowest BCUT2D eigenvalue weighted by molar-refractivity contribution is 0.0943. The second kappa shape index (κ2) is 8.04. The maximum Gasteiger partial charge on any atom is 0.252 e. The Bertz CT molecular complexity index is 1010. The van der Waals surface area contributed by atoms with Crippen LogP contribution in [0.25, 0.3) is 0 Å². The van der Waals surface area contributed by atoms with Crippen LogP contribution >= 0.6 is 11.3 Å². The molecule has 1 atom stereocenters. The van der Waals surface area contributed by atoms with Gasteiger partial charge in [-0.05, 0) is 35.2 Å². The number of rotatable bonds is 6. The molecule has 7 heteroatoms. The average Bonchev–Trinajstić information content (AvgIpc) is 3.21. The number of sulfonamides is 1. The molecular weight excluding hydrogens is 380 g/mol. The summed E-state index contributed by atoms with van der Waals surface area (Å²) in [6.45, 7) is 0. The number of benzene rings is 2. The maximum absolute atomic E-state index is 12.9. The number of thiophene rings is 1. The van der Waals surface area contributed by atoms with Gasteiger partial charge in [-0.3, -0.25) is 4.79 Å². The summed E-state index contributed by atoms with van der Waals surface area (Å²) < 4.78 is 25.8. The van der Waals surface area contributed by atoms with E-state index in [1.54, 1.807) is 23.5 Å². The monoisotopic (exact) mass is 400 g/mol. The molecule has 140 valence electrons. The van der Waals surface area contributed by atoms with Crippen molar-refractivity contribution >= 4 is 27.3 Å². The fourth-order valence-corrected chi connectivity index (χ4v) is 4.39. The third kappa shape index (κ3) is 4.27. The third-order valence-corrected chi connectivity index (χ3v) is 6.86. The van der Waals surface area contributed by atoms with Gasteiger partial charge in [-0.15, -0.1) is 11.3 Å². The lowest BCUT2D eigenvalue weighted by atomic mass is 10.0. The normalized spacial score (nSPS) is 12.7. The molecule has 0 spiro atoms. The van der Waals surface area contributed by atoms with Gasteiger partial charge < -0.3 is 5.32 Å². The Morgan fingerprint density at radius 1 is 1.00 bits per heavy atom. The highest BCUT2D eigenvalue weighted by Gasteiger charge is 2.21. The summed E-state index contributed by atoms with van der Waals surface area (Å²) in [5.74, 6) is -0.326. The fourth-order valence-electron chi connectivity index (χ4n) is 2.64. The molecule has 0 aliphatic rings. The van der Waals surface area contributed by atoms with Crippen molar-refractivity contribution < 1.29 is 13.2 Å². The Hall–Kier alpha value is -2.48. The molecule has 0 fully saturated rings. The molecular formula is C20H20N2O3S2. The fraction of sp³-hybridized carbons (Fsp3) is 0.150. The zero-order valence-electron chi connectivity index (χ0n) is 15.0. The molecule has 1 unspecified atom stereocenters. The van der Waals surface area contributed by atoms with Crippen molar-refractivity contribution in [3.63, 3.8) is 0 Å². The first-order chi connectivity index (χ1) is 12.9. The standard InChI is InChI=1S/C20H20N2O3S2/c1-22(2)27(24,25)17-11-6-10-16(14-17)20(23)21-19(18-12-7-13-26-18)15-8-4-3-5-9-15/h3-14,19H,1-2H3,(H,21,23). The highest BCUT2D eigenvalue weighted by Crippen LogP contribution is 2.26. The summed E-state index contributed by atoms with van der Waals surface area (Å²) in [5, 5.41) is 4.98. The lowest BCUT2D eigenvalue weighted by Crippen LogP contribution is -2.29. The van der Waals surface area contributed by atoms with E-state index in [-0.39, 0.29) is 16.8 Å². The van der Waals surface area contributed by atoms with Gasteiger partial charge in [0.1, 0.15) is 0 Å². The van der Waals surface area contributed by atoms with Crippen LogP contribution in [0.3, 0.4) is 0 Å². The molecule has 0 aliphatic carbocycles. The molecule has 1 heterocycles. The number of hydrogen-bond acceptors (Lipinski definition) is 4. The molecule has 27 heavy (non-hydrogen) atoms. The van der Waals surface area contributed by atoms with E-state index in [4.69, 9.17) is 0 Å². The summed E-state index contributed by atoms with van der Waals surface area (Å²) in [6.07, 6.45) is 0. The van der Waals surface area contributed by atoms with Crippen LogP contribution in [-0.2, 0) is 10.0 Å². The van der Waals surface area contributed by atoms with Crippen molar-refractivity contribution in [2.45, 2.75) is 10.9 Å². The van der Waals surface area contributed by atoms with Gasteiger partial charge in [-0.2, -0.15) is 0 Å². The molecule has 1 N–H and O–H groups in total. The second-order valence-corrected chi connectivity index (χ2v) is 9.28. The number of nitrogens with one attached hydrogen (secondary N) is 1. The Labute approximate surface area is 163 Å². The summed E-state index contributed by atoms with van der Waals surface area (Å²) >= 11 is 1.56. The quantitative estimate of drug-likeness (QED) is 0.688. The van der Waals surface area contributed by atoms with E-state index in [2.05, 4.69) is 5.32 Å². The molecule has 0 saturated heterocycles. The second-order valence-electron chi connectivity index (χ2n) is 6.15. The number of hydrogen-bond donors (Lipinski definition) is 1. The van der Waals surface area contributed by atoms with Gasteiger partial charge >= 0.3 is 0 Å². The van der Waals surface area contributed by atoms with Gasteiger partial charge in [-0.1, -0.05) is 42.5 Å². The summed E-state index contributed by atoms with van der Waals surface area (Å²) in [6, 6.07) is 19.4. The van der Waals surface area contributed by atoms with Crippen LogP contribution in [0.4, 0.5) is 0 Å². The Morgan fingerprint density at radius 2 is 1.74 bits per heavy atom. The molecule has 1 aromatic heterocycles. The minimum Gasteiger partial charge on any atom is -0.340 e. The van der Waals surface area contributed by atoms with E-state index < -0.39 is 10.0 Å². The van der Waals surface area contributed by atoms with Gasteiger partial charge in [0.2, 0.25) is 10.0 Å². The van der Waals surface area contributed by atoms with E-state index in [0.29, 0.717) is 5.56 Å². The maximum atomic E-state index is 12.9. The topological polar surface area (TPSA) is 66.5 Å². The molecule has 1 amide bonds. The molecule has 0 bridgehead atoms. The van der Waals surface area contributed by atoms with Crippen LogP contribution in [-0.4, -0.2) is 32.7 Å². The van der Waals surface area contributed by atoms with Crippen LogP contribution in [0, 0.1) is 0 Å². The molecule has 3 aromatic rings. The number of carbonyl (C=O) groups is 1. The predicted molar refractivity (Wildman–Crippen MR) is 107 cm³/mol. The SMILES string of the molecule is CN(C)S(=O)(=O)c1cccc(C(=O)NC(c2ccccc2)c2cccs2)c1. The molecule has 2 aromatic carbocycles. The lowest BCUT2D eigenvalue weighted by Gasteiger charge is -2.18. The predicted octanol–water partition coefficient (Wildman–Crippen LogP) is 3.52. The van der Waals surface area contributed by atoms with Gasteiger partial charge in [-0.25, -0.2) is 12.7 Å². The van der Waals surface area contributed by atoms with Gasteiger partial charge in [0, 0.05) is 24.5 Å². The van der Waals surface area contributed by atoms with E-state index >= 15 is 0 Å². The van der Waals surface area contributed by atoms with E-state index in [9.17, 15) is 13.2 Å². The molecule has 5 nitrogen and oxygen atoms in total. The largest absolute Gasteiger partial charge is 0.340 e.